The van der Waals surface area contributed by atoms with E-state index >= 15 is 0 Å². The standard InChI is InChI=1S/C16H22N2O6S/c1-6-23-14(21)11-8(2)10-12(25-11)17-15(22)18(13(10)20)7-9(19)24-16(3,4)5/h14,21H,6-7H2,1-5H3,(H,17,22). The van der Waals surface area contributed by atoms with Gasteiger partial charge in [-0.3, -0.25) is 14.6 Å². The van der Waals surface area contributed by atoms with E-state index in [9.17, 15) is 19.5 Å². The van der Waals surface area contributed by atoms with Crippen molar-refractivity contribution in [2.45, 2.75) is 53.1 Å². The average Bonchev–Trinajstić information content (AvgIpc) is 2.78. The second kappa shape index (κ2) is 7.11. The highest BCUT2D eigenvalue weighted by Crippen LogP contribution is 2.31. The number of esters is 1. The van der Waals surface area contributed by atoms with Gasteiger partial charge in [-0.05, 0) is 40.2 Å². The Morgan fingerprint density at radius 1 is 1.36 bits per heavy atom. The molecule has 0 fully saturated rings. The smallest absolute Gasteiger partial charge is 0.329 e. The second-order valence-corrected chi connectivity index (χ2v) is 7.56. The van der Waals surface area contributed by atoms with Crippen molar-refractivity contribution in [2.24, 2.45) is 0 Å². The normalized spacial score (nSPS) is 13.2. The molecule has 2 rings (SSSR count). The number of H-pyrrole nitrogens is 1. The number of nitrogens with one attached hydrogen (secondary N) is 1. The first kappa shape index (κ1) is 19.4. The van der Waals surface area contributed by atoms with Crippen LogP contribution in [0.1, 0.15) is 44.4 Å². The molecule has 2 aromatic rings. The number of aryl methyl sites for hydroxylation is 1. The van der Waals surface area contributed by atoms with Gasteiger partial charge in [-0.25, -0.2) is 9.36 Å². The van der Waals surface area contributed by atoms with Crippen LogP contribution in [0, 0.1) is 6.92 Å². The zero-order chi connectivity index (χ0) is 18.9. The Morgan fingerprint density at radius 2 is 2.00 bits per heavy atom. The molecule has 138 valence electrons. The number of fused-ring (bicyclic) bond motifs is 1. The van der Waals surface area contributed by atoms with E-state index in [0.717, 1.165) is 15.9 Å². The molecule has 1 atom stereocenters. The number of aromatic nitrogens is 2. The number of hydrogen-bond acceptors (Lipinski definition) is 7. The molecule has 2 N–H and O–H groups in total. The van der Waals surface area contributed by atoms with E-state index in [2.05, 4.69) is 4.98 Å². The van der Waals surface area contributed by atoms with Crippen LogP contribution in [0.3, 0.4) is 0 Å². The van der Waals surface area contributed by atoms with Gasteiger partial charge in [-0.2, -0.15) is 0 Å². The molecular formula is C16H22N2O6S. The topological polar surface area (TPSA) is 111 Å². The van der Waals surface area contributed by atoms with Crippen molar-refractivity contribution in [3.63, 3.8) is 0 Å². The van der Waals surface area contributed by atoms with Crippen LogP contribution in [0.4, 0.5) is 0 Å². The summed E-state index contributed by atoms with van der Waals surface area (Å²) in [5.74, 6) is -0.679. The molecule has 0 aliphatic carbocycles. The summed E-state index contributed by atoms with van der Waals surface area (Å²) in [4.78, 5) is 40.2. The number of aromatic amines is 1. The number of rotatable bonds is 5. The molecule has 0 saturated carbocycles. The highest BCUT2D eigenvalue weighted by Gasteiger charge is 2.23. The first-order valence-corrected chi connectivity index (χ1v) is 8.64. The molecule has 1 unspecified atom stereocenters. The van der Waals surface area contributed by atoms with Crippen LogP contribution < -0.4 is 11.2 Å². The van der Waals surface area contributed by atoms with E-state index in [4.69, 9.17) is 9.47 Å². The molecule has 0 radical (unpaired) electrons. The minimum absolute atomic E-state index is 0.252. The van der Waals surface area contributed by atoms with E-state index in [1.165, 1.54) is 0 Å². The van der Waals surface area contributed by atoms with Gasteiger partial charge in [0.1, 0.15) is 17.0 Å². The van der Waals surface area contributed by atoms with Crippen molar-refractivity contribution in [2.75, 3.05) is 6.61 Å². The minimum atomic E-state index is -1.18. The van der Waals surface area contributed by atoms with Gasteiger partial charge < -0.3 is 14.6 Å². The third-order valence-electron chi connectivity index (χ3n) is 3.36. The van der Waals surface area contributed by atoms with Crippen LogP contribution >= 0.6 is 11.3 Å². The van der Waals surface area contributed by atoms with Crippen molar-refractivity contribution in [3.05, 3.63) is 31.3 Å². The fourth-order valence-corrected chi connectivity index (χ4v) is 3.51. The van der Waals surface area contributed by atoms with Crippen LogP contribution in [0.15, 0.2) is 9.59 Å². The molecule has 25 heavy (non-hydrogen) atoms. The van der Waals surface area contributed by atoms with Crippen LogP contribution in [-0.2, 0) is 20.8 Å². The molecular weight excluding hydrogens is 348 g/mol. The molecule has 0 aliphatic rings. The number of nitrogens with zero attached hydrogens (tertiary/aromatic N) is 1. The van der Waals surface area contributed by atoms with E-state index in [0.29, 0.717) is 21.9 Å². The molecule has 0 aromatic carbocycles. The molecule has 9 heteroatoms. The van der Waals surface area contributed by atoms with Gasteiger partial charge in [-0.1, -0.05) is 0 Å². The number of hydrogen-bond donors (Lipinski definition) is 2. The molecule has 8 nitrogen and oxygen atoms in total. The average molecular weight is 370 g/mol. The molecule has 0 bridgehead atoms. The Morgan fingerprint density at radius 3 is 2.56 bits per heavy atom. The minimum Gasteiger partial charge on any atom is -0.459 e. The largest absolute Gasteiger partial charge is 0.459 e. The van der Waals surface area contributed by atoms with Crippen molar-refractivity contribution in [1.29, 1.82) is 0 Å². The highest BCUT2D eigenvalue weighted by atomic mass is 32.1. The van der Waals surface area contributed by atoms with E-state index in [1.807, 2.05) is 0 Å². The summed E-state index contributed by atoms with van der Waals surface area (Å²) in [5.41, 5.74) is -1.51. The predicted molar refractivity (Wildman–Crippen MR) is 93.9 cm³/mol. The van der Waals surface area contributed by atoms with Crippen LogP contribution in [0.25, 0.3) is 10.2 Å². The van der Waals surface area contributed by atoms with E-state index in [-0.39, 0.29) is 5.39 Å². The monoisotopic (exact) mass is 370 g/mol. The lowest BCUT2D eigenvalue weighted by Crippen LogP contribution is -2.39. The van der Waals surface area contributed by atoms with Crippen molar-refractivity contribution < 1.29 is 19.4 Å². The van der Waals surface area contributed by atoms with Crippen molar-refractivity contribution >= 4 is 27.5 Å². The van der Waals surface area contributed by atoms with Crippen molar-refractivity contribution in [1.82, 2.24) is 9.55 Å². The molecule has 0 spiro atoms. The summed E-state index contributed by atoms with van der Waals surface area (Å²) in [6.07, 6.45) is -1.18. The van der Waals surface area contributed by atoms with Gasteiger partial charge in [0.2, 0.25) is 0 Å². The number of ether oxygens (including phenoxy) is 2. The SMILES string of the molecule is CCOC(O)c1sc2[nH]c(=O)n(CC(=O)OC(C)(C)C)c(=O)c2c1C. The maximum atomic E-state index is 12.7. The first-order valence-electron chi connectivity index (χ1n) is 7.82. The maximum absolute atomic E-state index is 12.7. The van der Waals surface area contributed by atoms with Gasteiger partial charge in [0.15, 0.2) is 6.29 Å². The predicted octanol–water partition coefficient (Wildman–Crippen LogP) is 1.43. The van der Waals surface area contributed by atoms with E-state index < -0.39 is 35.7 Å². The summed E-state index contributed by atoms with van der Waals surface area (Å²) in [5, 5.41) is 10.3. The van der Waals surface area contributed by atoms with Crippen LogP contribution in [0.2, 0.25) is 0 Å². The third-order valence-corrected chi connectivity index (χ3v) is 4.60. The Hall–Kier alpha value is -1.97. The Balaban J connectivity index is 2.50. The number of carbonyl (C=O) groups is 1. The van der Waals surface area contributed by atoms with Gasteiger partial charge in [-0.15, -0.1) is 11.3 Å². The fourth-order valence-electron chi connectivity index (χ4n) is 2.38. The number of thiophene rings is 1. The first-order chi connectivity index (χ1) is 11.5. The number of aliphatic hydroxyl groups excluding tert-OH is 1. The molecule has 2 heterocycles. The number of carbonyl (C=O) groups excluding carboxylic acids is 1. The molecule has 2 aromatic heterocycles. The van der Waals surface area contributed by atoms with E-state index in [1.54, 1.807) is 34.6 Å². The lowest BCUT2D eigenvalue weighted by Gasteiger charge is -2.19. The van der Waals surface area contributed by atoms with Gasteiger partial charge >= 0.3 is 11.7 Å². The zero-order valence-corrected chi connectivity index (χ0v) is 15.7. The molecule has 0 aliphatic heterocycles. The summed E-state index contributed by atoms with van der Waals surface area (Å²) in [7, 11) is 0. The maximum Gasteiger partial charge on any atom is 0.329 e. The Kier molecular flexibility index (Phi) is 5.50. The van der Waals surface area contributed by atoms with Gasteiger partial charge in [0.25, 0.3) is 5.56 Å². The Bertz CT molecular complexity index is 902. The molecule has 0 amide bonds. The third kappa shape index (κ3) is 4.17. The summed E-state index contributed by atoms with van der Waals surface area (Å²) in [6.45, 7) is 8.31. The second-order valence-electron chi connectivity index (χ2n) is 6.51. The zero-order valence-electron chi connectivity index (χ0n) is 14.8. The lowest BCUT2D eigenvalue weighted by molar-refractivity contribution is -0.155. The Labute approximate surface area is 148 Å². The summed E-state index contributed by atoms with van der Waals surface area (Å²) < 4.78 is 11.1. The summed E-state index contributed by atoms with van der Waals surface area (Å²) >= 11 is 1.08. The molecule has 0 saturated heterocycles. The van der Waals surface area contributed by atoms with Crippen LogP contribution in [-0.4, -0.2) is 32.8 Å². The quantitative estimate of drug-likeness (QED) is 0.608. The van der Waals surface area contributed by atoms with Crippen molar-refractivity contribution in [3.8, 4) is 0 Å². The highest BCUT2D eigenvalue weighted by molar-refractivity contribution is 7.18. The van der Waals surface area contributed by atoms with Crippen LogP contribution in [0.5, 0.6) is 0 Å². The van der Waals surface area contributed by atoms with Gasteiger partial charge in [0.05, 0.1) is 10.3 Å². The number of aliphatic hydroxyl groups is 1. The summed E-state index contributed by atoms with van der Waals surface area (Å²) in [6, 6.07) is 0. The lowest BCUT2D eigenvalue weighted by atomic mass is 10.2. The van der Waals surface area contributed by atoms with Gasteiger partial charge in [0, 0.05) is 6.61 Å². The fraction of sp³-hybridized carbons (Fsp3) is 0.562.